The standard InChI is InChI=1S/C44H28N2O/c1-3-12-32(13-4-1)45(34-21-19-30-26-40-38-17-9-10-18-42(38)47-43(40)27-31(30)25-34)35-22-24-37-39-23-20-29-11-7-8-16-36(29)44(39)46(41(37)28-35)33-14-5-2-6-15-33/h1-28H. The zero-order valence-corrected chi connectivity index (χ0v) is 25.5. The molecule has 3 heteroatoms. The minimum Gasteiger partial charge on any atom is -0.456 e. The number of fused-ring (bicyclic) bond motifs is 9. The Morgan fingerprint density at radius 1 is 0.383 bits per heavy atom. The summed E-state index contributed by atoms with van der Waals surface area (Å²) in [4.78, 5) is 2.35. The summed E-state index contributed by atoms with van der Waals surface area (Å²) in [6.45, 7) is 0. The zero-order valence-electron chi connectivity index (χ0n) is 25.5. The Hall–Kier alpha value is -6.32. The Kier molecular flexibility index (Phi) is 5.57. The fourth-order valence-electron chi connectivity index (χ4n) is 7.37. The minimum atomic E-state index is 0.906. The maximum Gasteiger partial charge on any atom is 0.136 e. The maximum absolute atomic E-state index is 6.28. The highest BCUT2D eigenvalue weighted by Gasteiger charge is 2.19. The van der Waals surface area contributed by atoms with Gasteiger partial charge < -0.3 is 13.9 Å². The fourth-order valence-corrected chi connectivity index (χ4v) is 7.37. The molecule has 0 saturated carbocycles. The molecule has 2 heterocycles. The van der Waals surface area contributed by atoms with Crippen molar-refractivity contribution < 1.29 is 4.42 Å². The molecule has 0 N–H and O–H groups in total. The molecule has 8 aromatic carbocycles. The van der Waals surface area contributed by atoms with E-state index in [9.17, 15) is 0 Å². The van der Waals surface area contributed by atoms with Crippen LogP contribution < -0.4 is 4.90 Å². The molecule has 0 bridgehead atoms. The molecule has 0 saturated heterocycles. The molecule has 0 amide bonds. The molecule has 3 nitrogen and oxygen atoms in total. The van der Waals surface area contributed by atoms with Crippen molar-refractivity contribution in [2.75, 3.05) is 4.90 Å². The van der Waals surface area contributed by atoms with Crippen molar-refractivity contribution in [3.8, 4) is 5.69 Å². The summed E-state index contributed by atoms with van der Waals surface area (Å²) < 4.78 is 8.71. The van der Waals surface area contributed by atoms with E-state index in [1.165, 1.54) is 38.0 Å². The smallest absolute Gasteiger partial charge is 0.136 e. The first-order chi connectivity index (χ1) is 23.3. The van der Waals surface area contributed by atoms with E-state index in [-0.39, 0.29) is 0 Å². The third-order valence-electron chi connectivity index (χ3n) is 9.50. The molecule has 10 rings (SSSR count). The van der Waals surface area contributed by atoms with Gasteiger partial charge in [-0.1, -0.05) is 103 Å². The predicted octanol–water partition coefficient (Wildman–Crippen LogP) is 12.5. The van der Waals surface area contributed by atoms with Crippen LogP contribution in [0.15, 0.2) is 174 Å². The van der Waals surface area contributed by atoms with Gasteiger partial charge in [0.2, 0.25) is 0 Å². The topological polar surface area (TPSA) is 21.3 Å². The molecule has 0 aliphatic heterocycles. The van der Waals surface area contributed by atoms with Crippen molar-refractivity contribution in [2.45, 2.75) is 0 Å². The normalized spacial score (nSPS) is 11.8. The maximum atomic E-state index is 6.28. The summed E-state index contributed by atoms with van der Waals surface area (Å²) in [6.07, 6.45) is 0. The van der Waals surface area contributed by atoms with Crippen LogP contribution in [0.4, 0.5) is 17.1 Å². The fraction of sp³-hybridized carbons (Fsp3) is 0. The van der Waals surface area contributed by atoms with Crippen molar-refractivity contribution >= 4 is 82.4 Å². The van der Waals surface area contributed by atoms with Gasteiger partial charge in [-0.15, -0.1) is 0 Å². The van der Waals surface area contributed by atoms with Crippen molar-refractivity contribution in [3.05, 3.63) is 170 Å². The largest absolute Gasteiger partial charge is 0.456 e. The van der Waals surface area contributed by atoms with Gasteiger partial charge >= 0.3 is 0 Å². The average molecular weight is 601 g/mol. The van der Waals surface area contributed by atoms with Crippen LogP contribution >= 0.6 is 0 Å². The van der Waals surface area contributed by atoms with Gasteiger partial charge in [0, 0.05) is 49.7 Å². The van der Waals surface area contributed by atoms with Crippen molar-refractivity contribution in [2.24, 2.45) is 0 Å². The van der Waals surface area contributed by atoms with E-state index in [1.54, 1.807) is 0 Å². The molecule has 0 spiro atoms. The highest BCUT2D eigenvalue weighted by molar-refractivity contribution is 6.19. The third kappa shape index (κ3) is 4.00. The summed E-state index contributed by atoms with van der Waals surface area (Å²) in [5.74, 6) is 0. The van der Waals surface area contributed by atoms with Gasteiger partial charge in [-0.25, -0.2) is 0 Å². The van der Waals surface area contributed by atoms with Crippen molar-refractivity contribution in [1.82, 2.24) is 4.57 Å². The van der Waals surface area contributed by atoms with E-state index in [4.69, 9.17) is 4.42 Å². The van der Waals surface area contributed by atoms with Crippen LogP contribution in [0, 0.1) is 0 Å². The molecule has 2 aromatic heterocycles. The molecule has 220 valence electrons. The lowest BCUT2D eigenvalue weighted by molar-refractivity contribution is 0.669. The first-order valence-electron chi connectivity index (χ1n) is 16.0. The van der Waals surface area contributed by atoms with Gasteiger partial charge in [-0.3, -0.25) is 0 Å². The third-order valence-corrected chi connectivity index (χ3v) is 9.50. The number of aromatic nitrogens is 1. The number of hydrogen-bond acceptors (Lipinski definition) is 2. The van der Waals surface area contributed by atoms with E-state index in [0.29, 0.717) is 0 Å². The summed E-state index contributed by atoms with van der Waals surface area (Å²) in [5, 5.41) is 9.59. The first kappa shape index (κ1) is 26.0. The van der Waals surface area contributed by atoms with Crippen LogP contribution in [-0.4, -0.2) is 4.57 Å². The van der Waals surface area contributed by atoms with Gasteiger partial charge in [-0.2, -0.15) is 0 Å². The Bertz CT molecular complexity index is 2790. The molecule has 0 atom stereocenters. The van der Waals surface area contributed by atoms with Crippen LogP contribution in [-0.2, 0) is 0 Å². The molecule has 0 aliphatic carbocycles. The van der Waals surface area contributed by atoms with Crippen LogP contribution in [0.5, 0.6) is 0 Å². The van der Waals surface area contributed by atoms with E-state index in [2.05, 4.69) is 167 Å². The van der Waals surface area contributed by atoms with Crippen LogP contribution in [0.3, 0.4) is 0 Å². The minimum absolute atomic E-state index is 0.906. The average Bonchev–Trinajstić information content (AvgIpc) is 3.66. The Morgan fingerprint density at radius 3 is 1.94 bits per heavy atom. The zero-order chi connectivity index (χ0) is 30.9. The van der Waals surface area contributed by atoms with E-state index < -0.39 is 0 Å². The monoisotopic (exact) mass is 600 g/mol. The van der Waals surface area contributed by atoms with Crippen molar-refractivity contribution in [3.63, 3.8) is 0 Å². The second kappa shape index (κ2) is 10.1. The number of furan rings is 1. The second-order valence-corrected chi connectivity index (χ2v) is 12.2. The van der Waals surface area contributed by atoms with Gasteiger partial charge in [0.25, 0.3) is 0 Å². The molecule has 0 fully saturated rings. The van der Waals surface area contributed by atoms with Crippen molar-refractivity contribution in [1.29, 1.82) is 0 Å². The molecule has 0 radical (unpaired) electrons. The molecule has 47 heavy (non-hydrogen) atoms. The van der Waals surface area contributed by atoms with Crippen LogP contribution in [0.1, 0.15) is 0 Å². The first-order valence-corrected chi connectivity index (χ1v) is 16.0. The molecule has 0 aliphatic rings. The lowest BCUT2D eigenvalue weighted by Gasteiger charge is -2.26. The number of para-hydroxylation sites is 3. The van der Waals surface area contributed by atoms with E-state index >= 15 is 0 Å². The number of hydrogen-bond donors (Lipinski definition) is 0. The molecular formula is C44H28N2O. The molecule has 10 aromatic rings. The SMILES string of the molecule is c1ccc(N(c2ccc3cc4c(cc3c2)oc2ccccc24)c2ccc3c4ccc5ccccc5c4n(-c4ccccc4)c3c2)cc1. The lowest BCUT2D eigenvalue weighted by Crippen LogP contribution is -2.10. The van der Waals surface area contributed by atoms with Gasteiger partial charge in [0.05, 0.1) is 11.0 Å². The lowest BCUT2D eigenvalue weighted by atomic mass is 10.0. The quantitative estimate of drug-likeness (QED) is 0.200. The highest BCUT2D eigenvalue weighted by Crippen LogP contribution is 2.42. The molecule has 0 unspecified atom stereocenters. The Labute approximate surface area is 271 Å². The van der Waals surface area contributed by atoms with Crippen LogP contribution in [0.25, 0.3) is 71.0 Å². The molecular weight excluding hydrogens is 572 g/mol. The Balaban J connectivity index is 1.23. The number of rotatable bonds is 4. The summed E-state index contributed by atoms with van der Waals surface area (Å²) >= 11 is 0. The van der Waals surface area contributed by atoms with Gasteiger partial charge in [0.15, 0.2) is 0 Å². The second-order valence-electron chi connectivity index (χ2n) is 12.2. The van der Waals surface area contributed by atoms with E-state index in [0.717, 1.165) is 50.1 Å². The summed E-state index contributed by atoms with van der Waals surface area (Å²) in [7, 11) is 0. The number of anilines is 3. The summed E-state index contributed by atoms with van der Waals surface area (Å²) in [5.41, 5.74) is 8.65. The predicted molar refractivity (Wildman–Crippen MR) is 198 cm³/mol. The van der Waals surface area contributed by atoms with E-state index in [1.807, 2.05) is 12.1 Å². The number of benzene rings is 8. The highest BCUT2D eigenvalue weighted by atomic mass is 16.3. The van der Waals surface area contributed by atoms with Gasteiger partial charge in [-0.05, 0) is 82.9 Å². The van der Waals surface area contributed by atoms with Gasteiger partial charge in [0.1, 0.15) is 11.2 Å². The van der Waals surface area contributed by atoms with Crippen LogP contribution in [0.2, 0.25) is 0 Å². The number of nitrogens with zero attached hydrogens (tertiary/aromatic N) is 2. The summed E-state index contributed by atoms with van der Waals surface area (Å²) in [6, 6.07) is 60.9. The Morgan fingerprint density at radius 2 is 1.06 bits per heavy atom.